The van der Waals surface area contributed by atoms with E-state index in [0.717, 1.165) is 12.8 Å². The van der Waals surface area contributed by atoms with Crippen LogP contribution in [0, 0.1) is 5.92 Å². The molecule has 0 fully saturated rings. The van der Waals surface area contributed by atoms with Crippen LogP contribution in [0.3, 0.4) is 0 Å². The van der Waals surface area contributed by atoms with E-state index >= 15 is 0 Å². The first-order valence-corrected chi connectivity index (χ1v) is 2.77. The SMILES string of the molecule is CC(C=O)CN(C)C. The molecule has 0 aromatic rings. The van der Waals surface area contributed by atoms with Gasteiger partial charge in [0.2, 0.25) is 0 Å². The van der Waals surface area contributed by atoms with Gasteiger partial charge in [-0.05, 0) is 14.1 Å². The predicted octanol–water partition coefficient (Wildman–Crippen LogP) is 0.383. The van der Waals surface area contributed by atoms with Gasteiger partial charge in [-0.1, -0.05) is 6.92 Å². The number of hydrogen-bond acceptors (Lipinski definition) is 2. The zero-order chi connectivity index (χ0) is 6.57. The molecule has 0 N–H and O–H groups in total. The minimum Gasteiger partial charge on any atom is -0.309 e. The fourth-order valence-corrected chi connectivity index (χ4v) is 0.619. The third-order valence-electron chi connectivity index (χ3n) is 0.885. The number of rotatable bonds is 3. The number of hydrogen-bond donors (Lipinski definition) is 0. The molecule has 0 aromatic heterocycles. The maximum atomic E-state index is 10.0. The van der Waals surface area contributed by atoms with Gasteiger partial charge in [0.05, 0.1) is 0 Å². The molecule has 0 saturated heterocycles. The summed E-state index contributed by atoms with van der Waals surface area (Å²) >= 11 is 0. The highest BCUT2D eigenvalue weighted by atomic mass is 16.1. The molecule has 2 heteroatoms. The van der Waals surface area contributed by atoms with Gasteiger partial charge in [0.25, 0.3) is 0 Å². The van der Waals surface area contributed by atoms with Crippen LogP contribution in [0.1, 0.15) is 6.92 Å². The van der Waals surface area contributed by atoms with Crippen LogP contribution in [0.2, 0.25) is 0 Å². The third kappa shape index (κ3) is 3.81. The molecule has 0 heterocycles. The van der Waals surface area contributed by atoms with Crippen LogP contribution < -0.4 is 0 Å². The molecule has 0 amide bonds. The van der Waals surface area contributed by atoms with Crippen molar-refractivity contribution < 1.29 is 4.79 Å². The summed E-state index contributed by atoms with van der Waals surface area (Å²) in [7, 11) is 3.92. The van der Waals surface area contributed by atoms with E-state index in [0.29, 0.717) is 0 Å². The summed E-state index contributed by atoms with van der Waals surface area (Å²) in [5, 5.41) is 0. The van der Waals surface area contributed by atoms with Crippen molar-refractivity contribution in [3.63, 3.8) is 0 Å². The van der Waals surface area contributed by atoms with E-state index in [1.54, 1.807) is 0 Å². The number of nitrogens with zero attached hydrogens (tertiary/aromatic N) is 1. The summed E-state index contributed by atoms with van der Waals surface area (Å²) in [5.74, 6) is 0.171. The zero-order valence-electron chi connectivity index (χ0n) is 5.72. The Balaban J connectivity index is 3.23. The van der Waals surface area contributed by atoms with E-state index in [1.807, 2.05) is 25.9 Å². The minimum absolute atomic E-state index is 0.171. The van der Waals surface area contributed by atoms with Gasteiger partial charge in [0, 0.05) is 12.5 Å². The second-order valence-electron chi connectivity index (χ2n) is 2.38. The average molecular weight is 115 g/mol. The van der Waals surface area contributed by atoms with E-state index in [2.05, 4.69) is 0 Å². The molecular formula is C6H13NO. The van der Waals surface area contributed by atoms with Crippen LogP contribution in [0.25, 0.3) is 0 Å². The normalized spacial score (nSPS) is 14.0. The Labute approximate surface area is 50.5 Å². The van der Waals surface area contributed by atoms with E-state index in [4.69, 9.17) is 0 Å². The van der Waals surface area contributed by atoms with Crippen molar-refractivity contribution in [2.24, 2.45) is 5.92 Å². The van der Waals surface area contributed by atoms with Gasteiger partial charge in [0.1, 0.15) is 6.29 Å². The Morgan fingerprint density at radius 2 is 2.12 bits per heavy atom. The molecule has 0 saturated carbocycles. The molecule has 48 valence electrons. The molecule has 1 unspecified atom stereocenters. The Morgan fingerprint density at radius 1 is 1.62 bits per heavy atom. The summed E-state index contributed by atoms with van der Waals surface area (Å²) in [6.07, 6.45) is 0.972. The van der Waals surface area contributed by atoms with Gasteiger partial charge in [-0.25, -0.2) is 0 Å². The summed E-state index contributed by atoms with van der Waals surface area (Å²) < 4.78 is 0. The van der Waals surface area contributed by atoms with Gasteiger partial charge < -0.3 is 9.69 Å². The molecule has 0 aromatic carbocycles. The van der Waals surface area contributed by atoms with Crippen LogP contribution >= 0.6 is 0 Å². The summed E-state index contributed by atoms with van der Waals surface area (Å²) in [6.45, 7) is 2.76. The zero-order valence-corrected chi connectivity index (χ0v) is 5.72. The molecule has 0 aliphatic heterocycles. The largest absolute Gasteiger partial charge is 0.309 e. The fourth-order valence-electron chi connectivity index (χ4n) is 0.619. The molecule has 8 heavy (non-hydrogen) atoms. The molecule has 0 rings (SSSR count). The van der Waals surface area contributed by atoms with Crippen LogP contribution in [0.5, 0.6) is 0 Å². The molecular weight excluding hydrogens is 102 g/mol. The van der Waals surface area contributed by atoms with E-state index in [-0.39, 0.29) is 5.92 Å². The Bertz CT molecular complexity index is 70.9. The topological polar surface area (TPSA) is 20.3 Å². The molecule has 0 spiro atoms. The standard InChI is InChI=1S/C6H13NO/c1-6(5-8)4-7(2)3/h5-6H,4H2,1-3H3. The van der Waals surface area contributed by atoms with Crippen LogP contribution in [0.4, 0.5) is 0 Å². The van der Waals surface area contributed by atoms with Crippen molar-refractivity contribution in [2.75, 3.05) is 20.6 Å². The first-order valence-electron chi connectivity index (χ1n) is 2.77. The summed E-state index contributed by atoms with van der Waals surface area (Å²) in [6, 6.07) is 0. The van der Waals surface area contributed by atoms with E-state index in [9.17, 15) is 4.79 Å². The van der Waals surface area contributed by atoms with Gasteiger partial charge >= 0.3 is 0 Å². The van der Waals surface area contributed by atoms with Crippen LogP contribution in [-0.4, -0.2) is 31.8 Å². The highest BCUT2D eigenvalue weighted by Gasteiger charge is 1.98. The summed E-state index contributed by atoms with van der Waals surface area (Å²) in [4.78, 5) is 12.0. The smallest absolute Gasteiger partial charge is 0.124 e. The molecule has 1 atom stereocenters. The second-order valence-corrected chi connectivity index (χ2v) is 2.38. The lowest BCUT2D eigenvalue weighted by Crippen LogP contribution is -2.20. The molecule has 0 aliphatic carbocycles. The number of carbonyl (C=O) groups is 1. The fraction of sp³-hybridized carbons (Fsp3) is 0.833. The Morgan fingerprint density at radius 3 is 2.25 bits per heavy atom. The monoisotopic (exact) mass is 115 g/mol. The molecule has 0 bridgehead atoms. The highest BCUT2D eigenvalue weighted by molar-refractivity contribution is 5.52. The van der Waals surface area contributed by atoms with Crippen LogP contribution in [-0.2, 0) is 4.79 Å². The average Bonchev–Trinajstić information content (AvgIpc) is 1.65. The van der Waals surface area contributed by atoms with Crippen molar-refractivity contribution in [2.45, 2.75) is 6.92 Å². The summed E-state index contributed by atoms with van der Waals surface area (Å²) in [5.41, 5.74) is 0. The molecule has 2 nitrogen and oxygen atoms in total. The van der Waals surface area contributed by atoms with Crippen molar-refractivity contribution in [1.29, 1.82) is 0 Å². The van der Waals surface area contributed by atoms with Gasteiger partial charge in [-0.15, -0.1) is 0 Å². The van der Waals surface area contributed by atoms with Crippen LogP contribution in [0.15, 0.2) is 0 Å². The lowest BCUT2D eigenvalue weighted by Gasteiger charge is -2.10. The molecule has 0 aliphatic rings. The maximum Gasteiger partial charge on any atom is 0.124 e. The number of aldehydes is 1. The highest BCUT2D eigenvalue weighted by Crippen LogP contribution is 1.88. The van der Waals surface area contributed by atoms with E-state index in [1.165, 1.54) is 0 Å². The van der Waals surface area contributed by atoms with Crippen molar-refractivity contribution in [1.82, 2.24) is 4.90 Å². The molecule has 0 radical (unpaired) electrons. The quantitative estimate of drug-likeness (QED) is 0.496. The van der Waals surface area contributed by atoms with Gasteiger partial charge in [-0.3, -0.25) is 0 Å². The van der Waals surface area contributed by atoms with Gasteiger partial charge in [0.15, 0.2) is 0 Å². The first kappa shape index (κ1) is 7.63. The number of carbonyl (C=O) groups excluding carboxylic acids is 1. The van der Waals surface area contributed by atoms with Crippen molar-refractivity contribution in [3.8, 4) is 0 Å². The van der Waals surface area contributed by atoms with E-state index < -0.39 is 0 Å². The minimum atomic E-state index is 0.171. The third-order valence-corrected chi connectivity index (χ3v) is 0.885. The van der Waals surface area contributed by atoms with Crippen molar-refractivity contribution in [3.05, 3.63) is 0 Å². The lowest BCUT2D eigenvalue weighted by atomic mass is 10.2. The predicted molar refractivity (Wildman–Crippen MR) is 33.8 cm³/mol. The lowest BCUT2D eigenvalue weighted by molar-refractivity contribution is -0.111. The first-order chi connectivity index (χ1) is 3.66. The second kappa shape index (κ2) is 3.61. The van der Waals surface area contributed by atoms with Gasteiger partial charge in [-0.2, -0.15) is 0 Å². The Kier molecular flexibility index (Phi) is 3.44. The Hall–Kier alpha value is -0.370. The maximum absolute atomic E-state index is 10.0. The van der Waals surface area contributed by atoms with Crippen molar-refractivity contribution >= 4 is 6.29 Å².